The molecule has 2 aromatic carbocycles. The Balaban J connectivity index is 2.05. The molecule has 1 saturated heterocycles. The first-order chi connectivity index (χ1) is 10.5. The van der Waals surface area contributed by atoms with Crippen LogP contribution in [-0.2, 0) is 14.6 Å². The lowest BCUT2D eigenvalue weighted by atomic mass is 10.0. The van der Waals surface area contributed by atoms with Crippen molar-refractivity contribution in [2.75, 3.05) is 13.2 Å². The quantitative estimate of drug-likeness (QED) is 0.944. The van der Waals surface area contributed by atoms with Crippen LogP contribution < -0.4 is 0 Å². The van der Waals surface area contributed by atoms with Gasteiger partial charge in [0.1, 0.15) is 11.6 Å². The zero-order chi connectivity index (χ0) is 15.7. The molecule has 0 spiro atoms. The number of aromatic hydroxyl groups is 1. The van der Waals surface area contributed by atoms with Gasteiger partial charge in [-0.1, -0.05) is 12.1 Å². The molecule has 0 saturated carbocycles. The lowest BCUT2D eigenvalue weighted by Gasteiger charge is -2.12. The lowest BCUT2D eigenvalue weighted by molar-refractivity contribution is 0.198. The van der Waals surface area contributed by atoms with Crippen LogP contribution in [0.2, 0.25) is 0 Å². The Morgan fingerprint density at radius 2 is 2.00 bits per heavy atom. The van der Waals surface area contributed by atoms with Crippen LogP contribution in [0.4, 0.5) is 4.39 Å². The third-order valence-electron chi connectivity index (χ3n) is 3.76. The van der Waals surface area contributed by atoms with Gasteiger partial charge in [0.15, 0.2) is 9.84 Å². The van der Waals surface area contributed by atoms with Gasteiger partial charge < -0.3 is 9.84 Å². The summed E-state index contributed by atoms with van der Waals surface area (Å²) in [7, 11) is -3.49. The summed E-state index contributed by atoms with van der Waals surface area (Å²) in [6.45, 7) is 0.631. The van der Waals surface area contributed by atoms with Crippen molar-refractivity contribution in [3.05, 3.63) is 48.3 Å². The number of ether oxygens (including phenoxy) is 1. The van der Waals surface area contributed by atoms with Crippen LogP contribution >= 0.6 is 0 Å². The molecule has 6 heteroatoms. The fourth-order valence-electron chi connectivity index (χ4n) is 2.53. The first-order valence-corrected chi connectivity index (χ1v) is 8.44. The van der Waals surface area contributed by atoms with Crippen molar-refractivity contribution in [2.45, 2.75) is 16.6 Å². The Kier molecular flexibility index (Phi) is 3.88. The summed E-state index contributed by atoms with van der Waals surface area (Å²) in [6.07, 6.45) is 0.470. The summed E-state index contributed by atoms with van der Waals surface area (Å²) >= 11 is 0. The summed E-state index contributed by atoms with van der Waals surface area (Å²) in [5.41, 5.74) is 0.719. The molecule has 1 unspecified atom stereocenters. The van der Waals surface area contributed by atoms with E-state index < -0.39 is 20.9 Å². The fraction of sp³-hybridized carbons (Fsp3) is 0.250. The van der Waals surface area contributed by atoms with Gasteiger partial charge in [-0.25, -0.2) is 12.8 Å². The van der Waals surface area contributed by atoms with Gasteiger partial charge in [0.2, 0.25) is 0 Å². The predicted octanol–water partition coefficient (Wildman–Crippen LogP) is 2.76. The summed E-state index contributed by atoms with van der Waals surface area (Å²) in [5, 5.41) is 9.31. The maximum atomic E-state index is 13.4. The zero-order valence-corrected chi connectivity index (χ0v) is 12.5. The lowest BCUT2D eigenvalue weighted by Crippen LogP contribution is -2.21. The second-order valence-electron chi connectivity index (χ2n) is 5.22. The number of phenols is 1. The molecular formula is C16H15FO4S. The Morgan fingerprint density at radius 1 is 1.18 bits per heavy atom. The monoisotopic (exact) mass is 322 g/mol. The molecule has 0 amide bonds. The third kappa shape index (κ3) is 2.71. The van der Waals surface area contributed by atoms with E-state index in [0.717, 1.165) is 6.07 Å². The van der Waals surface area contributed by atoms with Gasteiger partial charge >= 0.3 is 0 Å². The average molecular weight is 322 g/mol. The van der Waals surface area contributed by atoms with E-state index in [2.05, 4.69) is 0 Å². The Bertz CT molecular complexity index is 796. The van der Waals surface area contributed by atoms with E-state index in [1.54, 1.807) is 12.1 Å². The van der Waals surface area contributed by atoms with Crippen LogP contribution in [0.15, 0.2) is 47.4 Å². The molecule has 116 valence electrons. The van der Waals surface area contributed by atoms with E-state index in [-0.39, 0.29) is 22.8 Å². The molecule has 1 aliphatic rings. The van der Waals surface area contributed by atoms with E-state index in [0.29, 0.717) is 18.6 Å². The highest BCUT2D eigenvalue weighted by atomic mass is 32.2. The third-order valence-corrected chi connectivity index (χ3v) is 5.92. The molecule has 3 rings (SSSR count). The largest absolute Gasteiger partial charge is 0.507 e. The number of halogens is 1. The van der Waals surface area contributed by atoms with Crippen LogP contribution in [0.5, 0.6) is 5.75 Å². The minimum absolute atomic E-state index is 0.0971. The minimum atomic E-state index is -3.49. The highest BCUT2D eigenvalue weighted by Gasteiger charge is 2.31. The normalized spacial score (nSPS) is 18.5. The Morgan fingerprint density at radius 3 is 2.73 bits per heavy atom. The maximum Gasteiger partial charge on any atom is 0.183 e. The average Bonchev–Trinajstić information content (AvgIpc) is 3.05. The van der Waals surface area contributed by atoms with Crippen LogP contribution in [0.1, 0.15) is 6.42 Å². The van der Waals surface area contributed by atoms with E-state index in [1.807, 2.05) is 0 Å². The SMILES string of the molecule is O=S(=O)(c1cccc(-c2cc(F)ccc2O)c1)C1CCOC1. The van der Waals surface area contributed by atoms with Gasteiger partial charge in [0.25, 0.3) is 0 Å². The maximum absolute atomic E-state index is 13.4. The number of phenolic OH excluding ortho intramolecular Hbond substituents is 1. The number of sulfone groups is 1. The van der Waals surface area contributed by atoms with Crippen molar-refractivity contribution in [3.63, 3.8) is 0 Å². The molecule has 0 radical (unpaired) electrons. The molecule has 1 atom stereocenters. The molecular weight excluding hydrogens is 307 g/mol. The summed E-state index contributed by atoms with van der Waals surface area (Å²) in [4.78, 5) is 0.157. The van der Waals surface area contributed by atoms with Crippen molar-refractivity contribution >= 4 is 9.84 Å². The summed E-state index contributed by atoms with van der Waals surface area (Å²) in [5.74, 6) is -0.592. The molecule has 1 heterocycles. The minimum Gasteiger partial charge on any atom is -0.507 e. The zero-order valence-electron chi connectivity index (χ0n) is 11.7. The molecule has 0 bridgehead atoms. The van der Waals surface area contributed by atoms with Crippen LogP contribution in [-0.4, -0.2) is 32.0 Å². The number of hydrogen-bond acceptors (Lipinski definition) is 4. The van der Waals surface area contributed by atoms with E-state index in [4.69, 9.17) is 4.74 Å². The molecule has 0 aromatic heterocycles. The van der Waals surface area contributed by atoms with Crippen molar-refractivity contribution < 1.29 is 22.7 Å². The molecule has 1 N–H and O–H groups in total. The molecule has 0 aliphatic carbocycles. The van der Waals surface area contributed by atoms with Gasteiger partial charge in [0.05, 0.1) is 16.8 Å². The topological polar surface area (TPSA) is 63.6 Å². The van der Waals surface area contributed by atoms with Crippen LogP contribution in [0.25, 0.3) is 11.1 Å². The number of hydrogen-bond donors (Lipinski definition) is 1. The highest BCUT2D eigenvalue weighted by molar-refractivity contribution is 7.92. The van der Waals surface area contributed by atoms with Crippen LogP contribution in [0, 0.1) is 5.82 Å². The first kappa shape index (κ1) is 15.0. The van der Waals surface area contributed by atoms with Gasteiger partial charge in [-0.05, 0) is 42.3 Å². The summed E-state index contributed by atoms with van der Waals surface area (Å²) < 4.78 is 43.6. The standard InChI is InChI=1S/C16H15FO4S/c17-12-4-5-16(18)15(9-12)11-2-1-3-13(8-11)22(19,20)14-6-7-21-10-14/h1-5,8-9,14,18H,6-7,10H2. The molecule has 4 nitrogen and oxygen atoms in total. The highest BCUT2D eigenvalue weighted by Crippen LogP contribution is 2.32. The second-order valence-corrected chi connectivity index (χ2v) is 7.45. The second kappa shape index (κ2) is 5.70. The van der Waals surface area contributed by atoms with E-state index in [1.165, 1.54) is 24.3 Å². The van der Waals surface area contributed by atoms with Crippen LogP contribution in [0.3, 0.4) is 0 Å². The number of rotatable bonds is 3. The van der Waals surface area contributed by atoms with Gasteiger partial charge in [-0.2, -0.15) is 0 Å². The van der Waals surface area contributed by atoms with Gasteiger partial charge in [-0.15, -0.1) is 0 Å². The van der Waals surface area contributed by atoms with Crippen molar-refractivity contribution in [1.82, 2.24) is 0 Å². The Labute approximate surface area is 128 Å². The smallest absolute Gasteiger partial charge is 0.183 e. The predicted molar refractivity (Wildman–Crippen MR) is 79.9 cm³/mol. The summed E-state index contributed by atoms with van der Waals surface area (Å²) in [6, 6.07) is 9.77. The first-order valence-electron chi connectivity index (χ1n) is 6.89. The van der Waals surface area contributed by atoms with Crippen molar-refractivity contribution in [1.29, 1.82) is 0 Å². The van der Waals surface area contributed by atoms with Gasteiger partial charge in [0, 0.05) is 12.2 Å². The van der Waals surface area contributed by atoms with Crippen molar-refractivity contribution in [2.24, 2.45) is 0 Å². The molecule has 1 aliphatic heterocycles. The van der Waals surface area contributed by atoms with E-state index >= 15 is 0 Å². The molecule has 1 fully saturated rings. The number of benzene rings is 2. The molecule has 2 aromatic rings. The van der Waals surface area contributed by atoms with Gasteiger partial charge in [-0.3, -0.25) is 0 Å². The fourth-order valence-corrected chi connectivity index (χ4v) is 4.16. The van der Waals surface area contributed by atoms with Crippen molar-refractivity contribution in [3.8, 4) is 16.9 Å². The Hall–Kier alpha value is -1.92. The molecule has 22 heavy (non-hydrogen) atoms. The van der Waals surface area contributed by atoms with E-state index in [9.17, 15) is 17.9 Å².